The summed E-state index contributed by atoms with van der Waals surface area (Å²) in [6, 6.07) is 6.28. The number of carboxylic acids is 1. The highest BCUT2D eigenvalue weighted by molar-refractivity contribution is 8.26. The molecule has 4 N–H and O–H groups in total. The summed E-state index contributed by atoms with van der Waals surface area (Å²) >= 11 is 6.24. The number of thiocarbonyl (C=S) groups is 1. The number of carboxylic acid groups (broad SMARTS) is 1. The number of nitrogens with one attached hydrogen (secondary N) is 1. The van der Waals surface area contributed by atoms with Crippen molar-refractivity contribution < 1.29 is 24.3 Å². The van der Waals surface area contributed by atoms with Crippen molar-refractivity contribution in [2.75, 3.05) is 6.54 Å². The van der Waals surface area contributed by atoms with E-state index in [1.165, 1.54) is 0 Å². The lowest BCUT2D eigenvalue weighted by atomic mass is 10.1. The predicted octanol–water partition coefficient (Wildman–Crippen LogP) is 1.03. The van der Waals surface area contributed by atoms with Crippen molar-refractivity contribution in [2.24, 2.45) is 5.73 Å². The van der Waals surface area contributed by atoms with E-state index >= 15 is 0 Å². The highest BCUT2D eigenvalue weighted by Crippen LogP contribution is 2.32. The van der Waals surface area contributed by atoms with Gasteiger partial charge in [0.25, 0.3) is 5.91 Å². The summed E-state index contributed by atoms with van der Waals surface area (Å²) in [4.78, 5) is 48.2. The number of carbonyl (C=O) groups is 4. The molecular weight excluding hydrogens is 402 g/mol. The fourth-order valence-corrected chi connectivity index (χ4v) is 3.63. The van der Waals surface area contributed by atoms with Gasteiger partial charge in [-0.15, -0.1) is 0 Å². The summed E-state index contributed by atoms with van der Waals surface area (Å²) < 4.78 is 0.211. The SMILES string of the molecule is Cc1ccc(C=C2SC(=S)N(CC(=O)NC(CCC(N)=O)C(=O)O)C2=O)cc1. The Balaban J connectivity index is 2.02. The first-order valence-electron chi connectivity index (χ1n) is 8.30. The summed E-state index contributed by atoms with van der Waals surface area (Å²) in [5.74, 6) is -3.07. The van der Waals surface area contributed by atoms with Gasteiger partial charge in [-0.05, 0) is 25.0 Å². The van der Waals surface area contributed by atoms with E-state index in [0.717, 1.165) is 27.8 Å². The Labute approximate surface area is 171 Å². The molecule has 1 unspecified atom stereocenters. The summed E-state index contributed by atoms with van der Waals surface area (Å²) in [5.41, 5.74) is 6.92. The fraction of sp³-hybridized carbons (Fsp3) is 0.278. The van der Waals surface area contributed by atoms with Crippen molar-refractivity contribution in [2.45, 2.75) is 25.8 Å². The quantitative estimate of drug-likeness (QED) is 0.422. The first kappa shape index (κ1) is 21.6. The maximum atomic E-state index is 12.5. The second kappa shape index (κ2) is 9.47. The molecule has 0 radical (unpaired) electrons. The highest BCUT2D eigenvalue weighted by Gasteiger charge is 2.34. The van der Waals surface area contributed by atoms with Gasteiger partial charge in [-0.25, -0.2) is 4.79 Å². The summed E-state index contributed by atoms with van der Waals surface area (Å²) in [6.45, 7) is 1.55. The number of primary amides is 1. The number of aryl methyl sites for hydroxylation is 1. The predicted molar refractivity (Wildman–Crippen MR) is 109 cm³/mol. The van der Waals surface area contributed by atoms with Crippen LogP contribution in [0.4, 0.5) is 0 Å². The van der Waals surface area contributed by atoms with Gasteiger partial charge in [0.1, 0.15) is 16.9 Å². The minimum Gasteiger partial charge on any atom is -0.480 e. The maximum Gasteiger partial charge on any atom is 0.326 e. The zero-order chi connectivity index (χ0) is 20.8. The molecule has 0 aliphatic carbocycles. The zero-order valence-corrected chi connectivity index (χ0v) is 16.6. The van der Waals surface area contributed by atoms with Gasteiger partial charge in [-0.1, -0.05) is 53.8 Å². The van der Waals surface area contributed by atoms with E-state index in [-0.39, 0.29) is 17.2 Å². The molecule has 1 aromatic carbocycles. The number of benzene rings is 1. The van der Waals surface area contributed by atoms with Crippen molar-refractivity contribution in [3.63, 3.8) is 0 Å². The molecule has 28 heavy (non-hydrogen) atoms. The Morgan fingerprint density at radius 1 is 1.32 bits per heavy atom. The summed E-state index contributed by atoms with van der Waals surface area (Å²) in [5, 5.41) is 11.4. The Bertz CT molecular complexity index is 851. The van der Waals surface area contributed by atoms with Gasteiger partial charge in [0.05, 0.1) is 4.91 Å². The van der Waals surface area contributed by atoms with Crippen LogP contribution in [0.1, 0.15) is 24.0 Å². The highest BCUT2D eigenvalue weighted by atomic mass is 32.2. The van der Waals surface area contributed by atoms with Crippen LogP contribution in [0.2, 0.25) is 0 Å². The largest absolute Gasteiger partial charge is 0.480 e. The topological polar surface area (TPSA) is 130 Å². The van der Waals surface area contributed by atoms with Crippen LogP contribution in [0.25, 0.3) is 6.08 Å². The molecule has 148 valence electrons. The van der Waals surface area contributed by atoms with E-state index in [1.54, 1.807) is 6.08 Å². The number of nitrogens with zero attached hydrogens (tertiary/aromatic N) is 1. The van der Waals surface area contributed by atoms with Crippen LogP contribution in [-0.2, 0) is 19.2 Å². The third kappa shape index (κ3) is 5.89. The molecule has 1 aliphatic rings. The van der Waals surface area contributed by atoms with Crippen molar-refractivity contribution in [3.05, 3.63) is 40.3 Å². The van der Waals surface area contributed by atoms with Gasteiger partial charge in [0, 0.05) is 6.42 Å². The smallest absolute Gasteiger partial charge is 0.326 e. The molecule has 1 aromatic rings. The average molecular weight is 422 g/mol. The molecule has 0 spiro atoms. The Hall–Kier alpha value is -2.72. The van der Waals surface area contributed by atoms with Crippen molar-refractivity contribution in [1.29, 1.82) is 0 Å². The normalized spacial score (nSPS) is 16.3. The third-order valence-corrected chi connectivity index (χ3v) is 5.24. The Kier molecular flexibility index (Phi) is 7.30. The number of amides is 3. The molecule has 1 aliphatic heterocycles. The fourth-order valence-electron chi connectivity index (χ4n) is 2.38. The van der Waals surface area contributed by atoms with Crippen LogP contribution in [0.3, 0.4) is 0 Å². The number of hydrogen-bond acceptors (Lipinski definition) is 6. The van der Waals surface area contributed by atoms with E-state index in [0.29, 0.717) is 4.91 Å². The van der Waals surface area contributed by atoms with Crippen molar-refractivity contribution in [1.82, 2.24) is 10.2 Å². The van der Waals surface area contributed by atoms with Crippen LogP contribution in [0.15, 0.2) is 29.2 Å². The van der Waals surface area contributed by atoms with Crippen LogP contribution >= 0.6 is 24.0 Å². The van der Waals surface area contributed by atoms with Gasteiger partial charge >= 0.3 is 5.97 Å². The van der Waals surface area contributed by atoms with E-state index in [9.17, 15) is 19.2 Å². The van der Waals surface area contributed by atoms with Gasteiger partial charge < -0.3 is 16.2 Å². The van der Waals surface area contributed by atoms with Crippen LogP contribution in [-0.4, -0.2) is 50.6 Å². The third-order valence-electron chi connectivity index (χ3n) is 3.86. The molecule has 1 saturated heterocycles. The lowest BCUT2D eigenvalue weighted by molar-refractivity contribution is -0.142. The van der Waals surface area contributed by atoms with Crippen LogP contribution < -0.4 is 11.1 Å². The number of aliphatic carboxylic acids is 1. The Morgan fingerprint density at radius 3 is 2.54 bits per heavy atom. The molecule has 3 amide bonds. The Morgan fingerprint density at radius 2 is 1.96 bits per heavy atom. The lowest BCUT2D eigenvalue weighted by Gasteiger charge is -2.17. The molecule has 0 saturated carbocycles. The van der Waals surface area contributed by atoms with E-state index in [2.05, 4.69) is 5.32 Å². The van der Waals surface area contributed by atoms with Crippen molar-refractivity contribution >= 4 is 58.1 Å². The molecule has 2 rings (SSSR count). The van der Waals surface area contributed by atoms with Crippen LogP contribution in [0, 0.1) is 6.92 Å². The van der Waals surface area contributed by atoms with E-state index < -0.39 is 36.3 Å². The van der Waals surface area contributed by atoms with Gasteiger partial charge in [-0.3, -0.25) is 19.3 Å². The monoisotopic (exact) mass is 421 g/mol. The molecule has 0 bridgehead atoms. The second-order valence-electron chi connectivity index (χ2n) is 6.14. The number of rotatable bonds is 8. The van der Waals surface area contributed by atoms with Crippen LogP contribution in [0.5, 0.6) is 0 Å². The van der Waals surface area contributed by atoms with Gasteiger partial charge in [0.15, 0.2) is 0 Å². The molecular formula is C18H19N3O5S2. The maximum absolute atomic E-state index is 12.5. The van der Waals surface area contributed by atoms with Crippen molar-refractivity contribution in [3.8, 4) is 0 Å². The molecule has 1 atom stereocenters. The molecule has 8 nitrogen and oxygen atoms in total. The standard InChI is InChI=1S/C18H19N3O5S2/c1-10-2-4-11(5-3-10)8-13-16(24)21(18(27)28-13)9-15(23)20-12(17(25)26)6-7-14(19)22/h2-5,8,12H,6-7,9H2,1H3,(H2,19,22)(H,20,23)(H,25,26). The number of thioether (sulfide) groups is 1. The van der Waals surface area contributed by atoms with Gasteiger partial charge in [0.2, 0.25) is 11.8 Å². The molecule has 0 aromatic heterocycles. The van der Waals surface area contributed by atoms with E-state index in [4.69, 9.17) is 23.1 Å². The minimum absolute atomic E-state index is 0.137. The molecule has 10 heteroatoms. The minimum atomic E-state index is -1.29. The first-order valence-corrected chi connectivity index (χ1v) is 9.52. The number of carbonyl (C=O) groups excluding carboxylic acids is 3. The zero-order valence-electron chi connectivity index (χ0n) is 15.0. The average Bonchev–Trinajstić information content (AvgIpc) is 2.87. The molecule has 1 fully saturated rings. The number of hydrogen-bond donors (Lipinski definition) is 3. The summed E-state index contributed by atoms with van der Waals surface area (Å²) in [6.07, 6.45) is 1.36. The molecule has 1 heterocycles. The van der Waals surface area contributed by atoms with Gasteiger partial charge in [-0.2, -0.15) is 0 Å². The second-order valence-corrected chi connectivity index (χ2v) is 7.82. The number of nitrogens with two attached hydrogens (primary N) is 1. The summed E-state index contributed by atoms with van der Waals surface area (Å²) in [7, 11) is 0. The first-order chi connectivity index (χ1) is 13.2. The lowest BCUT2D eigenvalue weighted by Crippen LogP contribution is -2.46. The van der Waals surface area contributed by atoms with E-state index in [1.807, 2.05) is 31.2 Å².